The number of nitrogens with two attached hydrogens (primary N) is 1. The Balaban J connectivity index is 2.02. The van der Waals surface area contributed by atoms with Gasteiger partial charge in [0, 0.05) is 5.69 Å². The third-order valence-electron chi connectivity index (χ3n) is 4.37. The van der Waals surface area contributed by atoms with Crippen LogP contribution in [0.25, 0.3) is 0 Å². The second-order valence-electron chi connectivity index (χ2n) is 5.20. The lowest BCUT2D eigenvalue weighted by molar-refractivity contribution is 0.331. The summed E-state index contributed by atoms with van der Waals surface area (Å²) in [5, 5.41) is 7.56. The minimum atomic E-state index is 0.612. The van der Waals surface area contributed by atoms with E-state index in [2.05, 4.69) is 17.1 Å². The number of nitrogens with zero attached hydrogens (tertiary/aromatic N) is 1. The summed E-state index contributed by atoms with van der Waals surface area (Å²) in [4.78, 5) is 0. The molecule has 2 aliphatic rings. The number of aryl methyl sites for hydroxylation is 2. The molecule has 3 nitrogen and oxygen atoms in total. The standard InChI is InChI=1S/C12H19N3/c1-8-11-9(3-7-13)12(5-6-12)4-2-10(11)15-14-8/h9H,2-7,13H2,1H3,(H,14,15). The maximum absolute atomic E-state index is 5.75. The largest absolute Gasteiger partial charge is 0.330 e. The van der Waals surface area contributed by atoms with Crippen LogP contribution in [0.15, 0.2) is 0 Å². The Morgan fingerprint density at radius 2 is 2.27 bits per heavy atom. The smallest absolute Gasteiger partial charge is 0.0660 e. The highest BCUT2D eigenvalue weighted by atomic mass is 15.1. The molecule has 1 unspecified atom stereocenters. The summed E-state index contributed by atoms with van der Waals surface area (Å²) in [5.74, 6) is 0.685. The monoisotopic (exact) mass is 205 g/mol. The van der Waals surface area contributed by atoms with E-state index in [-0.39, 0.29) is 0 Å². The van der Waals surface area contributed by atoms with Gasteiger partial charge in [0.2, 0.25) is 0 Å². The lowest BCUT2D eigenvalue weighted by Gasteiger charge is -2.31. The van der Waals surface area contributed by atoms with Crippen molar-refractivity contribution in [2.75, 3.05) is 6.54 Å². The quantitative estimate of drug-likeness (QED) is 0.774. The summed E-state index contributed by atoms with van der Waals surface area (Å²) in [7, 11) is 0. The van der Waals surface area contributed by atoms with Crippen LogP contribution < -0.4 is 5.73 Å². The van der Waals surface area contributed by atoms with Crippen LogP contribution >= 0.6 is 0 Å². The minimum absolute atomic E-state index is 0.612. The number of nitrogens with one attached hydrogen (secondary N) is 1. The summed E-state index contributed by atoms with van der Waals surface area (Å²) in [6.45, 7) is 2.95. The topological polar surface area (TPSA) is 54.7 Å². The van der Waals surface area contributed by atoms with E-state index < -0.39 is 0 Å². The average Bonchev–Trinajstić information content (AvgIpc) is 2.91. The number of aromatic amines is 1. The molecular weight excluding hydrogens is 186 g/mol. The van der Waals surface area contributed by atoms with Gasteiger partial charge in [-0.2, -0.15) is 5.10 Å². The molecule has 0 bridgehead atoms. The molecule has 1 heterocycles. The van der Waals surface area contributed by atoms with Crippen LogP contribution in [-0.4, -0.2) is 16.7 Å². The van der Waals surface area contributed by atoms with Crippen molar-refractivity contribution < 1.29 is 0 Å². The predicted octanol–water partition coefficient (Wildman–Crippen LogP) is 1.88. The highest BCUT2D eigenvalue weighted by molar-refractivity contribution is 5.35. The Labute approximate surface area is 90.4 Å². The summed E-state index contributed by atoms with van der Waals surface area (Å²) >= 11 is 0. The first-order chi connectivity index (χ1) is 7.27. The number of fused-ring (bicyclic) bond motifs is 1. The molecule has 1 aromatic heterocycles. The van der Waals surface area contributed by atoms with Crippen molar-refractivity contribution in [1.82, 2.24) is 10.2 Å². The van der Waals surface area contributed by atoms with Gasteiger partial charge in [-0.1, -0.05) is 0 Å². The summed E-state index contributed by atoms with van der Waals surface area (Å²) in [6.07, 6.45) is 6.44. The molecule has 0 amide bonds. The van der Waals surface area contributed by atoms with Gasteiger partial charge in [0.25, 0.3) is 0 Å². The van der Waals surface area contributed by atoms with Crippen LogP contribution in [0.1, 0.15) is 48.6 Å². The van der Waals surface area contributed by atoms with Gasteiger partial charge in [-0.3, -0.25) is 5.10 Å². The highest BCUT2D eigenvalue weighted by Crippen LogP contribution is 2.63. The first-order valence-electron chi connectivity index (χ1n) is 6.01. The van der Waals surface area contributed by atoms with E-state index in [0.717, 1.165) is 13.0 Å². The van der Waals surface area contributed by atoms with Crippen LogP contribution in [0.3, 0.4) is 0 Å². The number of hydrogen-bond donors (Lipinski definition) is 2. The summed E-state index contributed by atoms with van der Waals surface area (Å²) in [6, 6.07) is 0. The molecule has 1 saturated carbocycles. The van der Waals surface area contributed by atoms with Gasteiger partial charge in [0.15, 0.2) is 0 Å². The Kier molecular flexibility index (Phi) is 1.93. The molecule has 1 atom stereocenters. The van der Waals surface area contributed by atoms with Gasteiger partial charge in [0.05, 0.1) is 5.69 Å². The van der Waals surface area contributed by atoms with Crippen molar-refractivity contribution in [1.29, 1.82) is 0 Å². The van der Waals surface area contributed by atoms with E-state index in [1.165, 1.54) is 42.6 Å². The fourth-order valence-electron chi connectivity index (χ4n) is 3.37. The van der Waals surface area contributed by atoms with Gasteiger partial charge in [0.1, 0.15) is 0 Å². The lowest BCUT2D eigenvalue weighted by Crippen LogP contribution is -2.24. The lowest BCUT2D eigenvalue weighted by atomic mass is 9.72. The number of H-pyrrole nitrogens is 1. The van der Waals surface area contributed by atoms with Gasteiger partial charge in [-0.25, -0.2) is 0 Å². The molecular formula is C12H19N3. The van der Waals surface area contributed by atoms with Gasteiger partial charge in [-0.05, 0) is 62.5 Å². The molecule has 3 rings (SSSR count). The predicted molar refractivity (Wildman–Crippen MR) is 59.7 cm³/mol. The number of aromatic nitrogens is 2. The zero-order valence-corrected chi connectivity index (χ0v) is 9.34. The Hall–Kier alpha value is -0.830. The normalized spacial score (nSPS) is 26.7. The van der Waals surface area contributed by atoms with E-state index >= 15 is 0 Å². The van der Waals surface area contributed by atoms with Crippen LogP contribution in [0, 0.1) is 12.3 Å². The van der Waals surface area contributed by atoms with Crippen molar-refractivity contribution in [2.24, 2.45) is 11.1 Å². The molecule has 2 aliphatic carbocycles. The van der Waals surface area contributed by atoms with E-state index in [0.29, 0.717) is 11.3 Å². The zero-order valence-electron chi connectivity index (χ0n) is 9.34. The van der Waals surface area contributed by atoms with Crippen LogP contribution in [0.5, 0.6) is 0 Å². The van der Waals surface area contributed by atoms with Crippen molar-refractivity contribution in [3.63, 3.8) is 0 Å². The van der Waals surface area contributed by atoms with Gasteiger partial charge in [-0.15, -0.1) is 0 Å². The van der Waals surface area contributed by atoms with Gasteiger partial charge < -0.3 is 5.73 Å². The van der Waals surface area contributed by atoms with Crippen molar-refractivity contribution in [2.45, 2.75) is 44.9 Å². The molecule has 0 aromatic carbocycles. The Bertz CT molecular complexity index is 376. The molecule has 0 saturated heterocycles. The Morgan fingerprint density at radius 3 is 2.93 bits per heavy atom. The SMILES string of the molecule is Cc1[nH]nc2c1C(CCN)C1(CC2)CC1. The zero-order chi connectivity index (χ0) is 10.5. The molecule has 1 aromatic rings. The molecule has 0 aliphatic heterocycles. The fourth-order valence-corrected chi connectivity index (χ4v) is 3.37. The molecule has 3 N–H and O–H groups in total. The van der Waals surface area contributed by atoms with Crippen LogP contribution in [0.2, 0.25) is 0 Å². The van der Waals surface area contributed by atoms with Crippen molar-refractivity contribution in [3.8, 4) is 0 Å². The van der Waals surface area contributed by atoms with Crippen LogP contribution in [0.4, 0.5) is 0 Å². The molecule has 1 spiro atoms. The third-order valence-corrected chi connectivity index (χ3v) is 4.37. The second-order valence-corrected chi connectivity index (χ2v) is 5.20. The molecule has 82 valence electrons. The molecule has 15 heavy (non-hydrogen) atoms. The first kappa shape index (κ1) is 9.40. The van der Waals surface area contributed by atoms with E-state index in [9.17, 15) is 0 Å². The van der Waals surface area contributed by atoms with E-state index in [1.807, 2.05) is 0 Å². The average molecular weight is 205 g/mol. The van der Waals surface area contributed by atoms with E-state index in [4.69, 9.17) is 5.73 Å². The minimum Gasteiger partial charge on any atom is -0.330 e. The molecule has 3 heteroatoms. The Morgan fingerprint density at radius 1 is 1.47 bits per heavy atom. The molecule has 0 radical (unpaired) electrons. The third kappa shape index (κ3) is 1.26. The summed E-state index contributed by atoms with van der Waals surface area (Å²) < 4.78 is 0. The molecule has 1 fully saturated rings. The maximum atomic E-state index is 5.75. The number of hydrogen-bond acceptors (Lipinski definition) is 2. The fraction of sp³-hybridized carbons (Fsp3) is 0.750. The summed E-state index contributed by atoms with van der Waals surface area (Å²) in [5.41, 5.74) is 10.5. The van der Waals surface area contributed by atoms with Crippen LogP contribution in [-0.2, 0) is 6.42 Å². The van der Waals surface area contributed by atoms with Gasteiger partial charge >= 0.3 is 0 Å². The maximum Gasteiger partial charge on any atom is 0.0660 e. The first-order valence-corrected chi connectivity index (χ1v) is 6.01. The second kappa shape index (κ2) is 3.08. The van der Waals surface area contributed by atoms with Crippen molar-refractivity contribution in [3.05, 3.63) is 17.0 Å². The highest BCUT2D eigenvalue weighted by Gasteiger charge is 2.52. The number of rotatable bonds is 2. The van der Waals surface area contributed by atoms with E-state index in [1.54, 1.807) is 0 Å². The van der Waals surface area contributed by atoms with Crippen molar-refractivity contribution >= 4 is 0 Å².